The van der Waals surface area contributed by atoms with Gasteiger partial charge in [-0.1, -0.05) is 24.3 Å². The number of hydrogen-bond acceptors (Lipinski definition) is 5. The predicted molar refractivity (Wildman–Crippen MR) is 127 cm³/mol. The third-order valence-corrected chi connectivity index (χ3v) is 8.77. The number of carbonyl (C=O) groups is 2. The fraction of sp³-hybridized carbons (Fsp3) is 0.440. The number of likely N-dealkylation sites (tertiary alicyclic amines) is 1. The van der Waals surface area contributed by atoms with Crippen molar-refractivity contribution < 1.29 is 31.2 Å². The Labute approximate surface area is 207 Å². The molecule has 1 aliphatic carbocycles. The Hall–Kier alpha value is -2.92. The van der Waals surface area contributed by atoms with Gasteiger partial charge in [-0.15, -0.1) is 0 Å². The fourth-order valence-corrected chi connectivity index (χ4v) is 6.81. The largest absolute Gasteiger partial charge is 0.416 e. The van der Waals surface area contributed by atoms with Crippen LogP contribution >= 0.6 is 0 Å². The van der Waals surface area contributed by atoms with Crippen LogP contribution in [-0.4, -0.2) is 55.6 Å². The van der Waals surface area contributed by atoms with E-state index >= 15 is 0 Å². The van der Waals surface area contributed by atoms with Crippen molar-refractivity contribution in [2.45, 2.75) is 54.9 Å². The topological polar surface area (TPSA) is 110 Å². The first-order valence-corrected chi connectivity index (χ1v) is 13.4. The van der Waals surface area contributed by atoms with Gasteiger partial charge in [0, 0.05) is 24.2 Å². The summed E-state index contributed by atoms with van der Waals surface area (Å²) in [6, 6.07) is 10.7. The monoisotopic (exact) mass is 523 g/mol. The molecule has 0 aromatic heterocycles. The summed E-state index contributed by atoms with van der Waals surface area (Å²) in [6.07, 6.45) is -2.69. The van der Waals surface area contributed by atoms with Crippen LogP contribution in [0.4, 0.5) is 13.2 Å². The molecule has 1 heterocycles. The summed E-state index contributed by atoms with van der Waals surface area (Å²) in [5, 5.41) is 2.55. The third kappa shape index (κ3) is 5.73. The zero-order valence-electron chi connectivity index (χ0n) is 19.4. The van der Waals surface area contributed by atoms with E-state index < -0.39 is 33.5 Å². The standard InChI is InChI=1S/C25H28F3N3O4S/c26-25(27,28)18-6-4-5-16(13-18)23(32)30-21-11-12-31(24(21)33)22-10-9-19(29)14-17(22)15-36(34,35)20-7-2-1-3-8-20/h1-8,13,17,19,21-22H,9-12,14-15,29H2,(H,30,32)/t17-,19-,21+,22+/m1/s1. The van der Waals surface area contributed by atoms with E-state index in [0.717, 1.165) is 18.2 Å². The molecular weight excluding hydrogens is 495 g/mol. The minimum Gasteiger partial charge on any atom is -0.340 e. The lowest BCUT2D eigenvalue weighted by atomic mass is 9.82. The maximum absolute atomic E-state index is 13.2. The van der Waals surface area contributed by atoms with Crippen molar-refractivity contribution in [1.29, 1.82) is 0 Å². The minimum absolute atomic E-state index is 0.152. The number of amides is 2. The van der Waals surface area contributed by atoms with Crippen molar-refractivity contribution in [1.82, 2.24) is 10.2 Å². The maximum Gasteiger partial charge on any atom is 0.416 e. The fourth-order valence-electron chi connectivity index (χ4n) is 5.12. The van der Waals surface area contributed by atoms with Crippen LogP contribution < -0.4 is 11.1 Å². The molecule has 0 radical (unpaired) electrons. The highest BCUT2D eigenvalue weighted by Crippen LogP contribution is 2.33. The van der Waals surface area contributed by atoms with Crippen LogP contribution in [0, 0.1) is 5.92 Å². The molecule has 1 saturated carbocycles. The van der Waals surface area contributed by atoms with Crippen molar-refractivity contribution in [3.05, 3.63) is 65.7 Å². The van der Waals surface area contributed by atoms with Gasteiger partial charge in [-0.25, -0.2) is 8.42 Å². The molecule has 2 aromatic carbocycles. The predicted octanol–water partition coefficient (Wildman–Crippen LogP) is 3.01. The molecule has 0 bridgehead atoms. The zero-order valence-corrected chi connectivity index (χ0v) is 20.3. The highest BCUT2D eigenvalue weighted by molar-refractivity contribution is 7.91. The Balaban J connectivity index is 1.47. The number of nitrogens with two attached hydrogens (primary N) is 1. The summed E-state index contributed by atoms with van der Waals surface area (Å²) >= 11 is 0. The smallest absolute Gasteiger partial charge is 0.340 e. The number of halogens is 3. The molecule has 2 aromatic rings. The van der Waals surface area contributed by atoms with Gasteiger partial charge in [-0.2, -0.15) is 13.2 Å². The van der Waals surface area contributed by atoms with Gasteiger partial charge in [0.2, 0.25) is 5.91 Å². The van der Waals surface area contributed by atoms with Crippen LogP contribution in [0.25, 0.3) is 0 Å². The Morgan fingerprint density at radius 1 is 1.06 bits per heavy atom. The van der Waals surface area contributed by atoms with E-state index in [9.17, 15) is 31.2 Å². The Morgan fingerprint density at radius 2 is 1.78 bits per heavy atom. The van der Waals surface area contributed by atoms with Crippen LogP contribution in [0.15, 0.2) is 59.5 Å². The average Bonchev–Trinajstić information content (AvgIpc) is 3.19. The van der Waals surface area contributed by atoms with Crippen LogP contribution in [0.1, 0.15) is 41.6 Å². The minimum atomic E-state index is -4.59. The van der Waals surface area contributed by atoms with E-state index in [-0.39, 0.29) is 46.5 Å². The Morgan fingerprint density at radius 3 is 2.47 bits per heavy atom. The van der Waals surface area contributed by atoms with E-state index in [2.05, 4.69) is 5.32 Å². The van der Waals surface area contributed by atoms with Crippen molar-refractivity contribution in [2.75, 3.05) is 12.3 Å². The molecule has 1 saturated heterocycles. The number of carbonyl (C=O) groups excluding carboxylic acids is 2. The molecular formula is C25H28F3N3O4S. The van der Waals surface area contributed by atoms with Gasteiger partial charge in [-0.3, -0.25) is 9.59 Å². The van der Waals surface area contributed by atoms with Crippen LogP contribution in [0.5, 0.6) is 0 Å². The number of nitrogens with one attached hydrogen (secondary N) is 1. The average molecular weight is 524 g/mol. The number of alkyl halides is 3. The van der Waals surface area contributed by atoms with Crippen molar-refractivity contribution in [2.24, 2.45) is 11.7 Å². The summed E-state index contributed by atoms with van der Waals surface area (Å²) < 4.78 is 65.1. The highest BCUT2D eigenvalue weighted by atomic mass is 32.2. The van der Waals surface area contributed by atoms with Crippen LogP contribution in [-0.2, 0) is 20.8 Å². The van der Waals surface area contributed by atoms with Crippen LogP contribution in [0.3, 0.4) is 0 Å². The molecule has 0 unspecified atom stereocenters. The second-order valence-corrected chi connectivity index (χ2v) is 11.5. The molecule has 7 nitrogen and oxygen atoms in total. The van der Waals surface area contributed by atoms with E-state index in [4.69, 9.17) is 5.73 Å². The summed E-state index contributed by atoms with van der Waals surface area (Å²) in [7, 11) is -3.60. The first kappa shape index (κ1) is 26.2. The highest BCUT2D eigenvalue weighted by Gasteiger charge is 2.43. The molecule has 11 heteroatoms. The third-order valence-electron chi connectivity index (χ3n) is 6.92. The summed E-state index contributed by atoms with van der Waals surface area (Å²) in [6.45, 7) is 0.314. The lowest BCUT2D eigenvalue weighted by Crippen LogP contribution is -2.51. The van der Waals surface area contributed by atoms with Gasteiger partial charge in [0.25, 0.3) is 5.91 Å². The molecule has 36 heavy (non-hydrogen) atoms. The summed E-state index contributed by atoms with van der Waals surface area (Å²) in [5.41, 5.74) is 5.01. The second-order valence-electron chi connectivity index (χ2n) is 9.42. The van der Waals surface area contributed by atoms with E-state index in [0.29, 0.717) is 25.8 Å². The van der Waals surface area contributed by atoms with E-state index in [1.807, 2.05) is 0 Å². The van der Waals surface area contributed by atoms with E-state index in [1.165, 1.54) is 18.2 Å². The first-order valence-electron chi connectivity index (χ1n) is 11.8. The molecule has 194 valence electrons. The normalized spacial score (nSPS) is 25.1. The van der Waals surface area contributed by atoms with Crippen molar-refractivity contribution in [3.8, 4) is 0 Å². The van der Waals surface area contributed by atoms with Gasteiger partial charge in [-0.05, 0) is 61.9 Å². The van der Waals surface area contributed by atoms with Crippen molar-refractivity contribution >= 4 is 21.7 Å². The molecule has 3 N–H and O–H groups in total. The first-order chi connectivity index (χ1) is 17.0. The van der Waals surface area contributed by atoms with Gasteiger partial charge in [0.05, 0.1) is 16.2 Å². The second kappa shape index (κ2) is 10.2. The molecule has 2 aliphatic rings. The number of hydrogen-bond donors (Lipinski definition) is 2. The quantitative estimate of drug-likeness (QED) is 0.605. The Bertz CT molecular complexity index is 1220. The molecule has 1 aliphatic heterocycles. The Kier molecular flexibility index (Phi) is 7.42. The lowest BCUT2D eigenvalue weighted by Gasteiger charge is -2.40. The molecule has 2 amide bonds. The van der Waals surface area contributed by atoms with Gasteiger partial charge in [0.1, 0.15) is 6.04 Å². The van der Waals surface area contributed by atoms with Crippen molar-refractivity contribution in [3.63, 3.8) is 0 Å². The molecule has 2 fully saturated rings. The SMILES string of the molecule is N[C@@H]1CC[C@H](N2CC[C@H](NC(=O)c3cccc(C(F)(F)F)c3)C2=O)[C@@H](CS(=O)(=O)c2ccccc2)C1. The maximum atomic E-state index is 13.2. The molecule has 4 atom stereocenters. The molecule has 0 spiro atoms. The zero-order chi connectivity index (χ0) is 26.1. The summed E-state index contributed by atoms with van der Waals surface area (Å²) in [4.78, 5) is 27.6. The number of rotatable bonds is 6. The van der Waals surface area contributed by atoms with E-state index in [1.54, 1.807) is 23.1 Å². The summed E-state index contributed by atoms with van der Waals surface area (Å²) in [5.74, 6) is -1.66. The molecule has 4 rings (SSSR count). The van der Waals surface area contributed by atoms with Gasteiger partial charge in [0.15, 0.2) is 9.84 Å². The number of nitrogens with zero attached hydrogens (tertiary/aromatic N) is 1. The van der Waals surface area contributed by atoms with Gasteiger partial charge >= 0.3 is 6.18 Å². The number of sulfone groups is 1. The number of benzene rings is 2. The van der Waals surface area contributed by atoms with Gasteiger partial charge < -0.3 is 16.0 Å². The lowest BCUT2D eigenvalue weighted by molar-refractivity contribution is -0.137. The van der Waals surface area contributed by atoms with Crippen LogP contribution in [0.2, 0.25) is 0 Å².